The molecule has 0 radical (unpaired) electrons. The van der Waals surface area contributed by atoms with Crippen LogP contribution in [0.5, 0.6) is 0 Å². The van der Waals surface area contributed by atoms with Gasteiger partial charge in [0.2, 0.25) is 0 Å². The van der Waals surface area contributed by atoms with Gasteiger partial charge in [-0.3, -0.25) is 4.79 Å². The van der Waals surface area contributed by atoms with E-state index in [1.807, 2.05) is 13.8 Å². The Balaban J connectivity index is 4.62. The third kappa shape index (κ3) is 44.6. The summed E-state index contributed by atoms with van der Waals surface area (Å²) < 4.78 is 25.3. The Morgan fingerprint density at radius 1 is 0.540 bits per heavy atom. The molecule has 8 heteroatoms. The smallest absolute Gasteiger partial charge is 0.333 e. The highest BCUT2D eigenvalue weighted by atomic mass is 28.4. The zero-order chi connectivity index (χ0) is 46.4. The van der Waals surface area contributed by atoms with Gasteiger partial charge in [-0.15, -0.1) is 0 Å². The lowest BCUT2D eigenvalue weighted by atomic mass is 9.89. The molecule has 0 amide bonds. The van der Waals surface area contributed by atoms with Crippen LogP contribution in [-0.4, -0.2) is 77.4 Å². The minimum absolute atomic E-state index is 0.163. The highest BCUT2D eigenvalue weighted by Gasteiger charge is 2.37. The van der Waals surface area contributed by atoms with Crippen molar-refractivity contribution in [1.82, 2.24) is 4.90 Å². The first-order valence-corrected chi connectivity index (χ1v) is 30.1. The van der Waals surface area contributed by atoms with Crippen LogP contribution in [-0.2, 0) is 23.1 Å². The van der Waals surface area contributed by atoms with Crippen molar-refractivity contribution in [2.75, 3.05) is 46.6 Å². The van der Waals surface area contributed by atoms with E-state index in [2.05, 4.69) is 63.2 Å². The number of allylic oxidation sites excluding steroid dienone is 4. The van der Waals surface area contributed by atoms with Gasteiger partial charge >= 0.3 is 14.5 Å². The second-order valence-corrected chi connectivity index (χ2v) is 23.2. The molecule has 1 unspecified atom stereocenters. The Bertz CT molecular complexity index is 1020. The Morgan fingerprint density at radius 3 is 1.38 bits per heavy atom. The lowest BCUT2D eigenvalue weighted by Crippen LogP contribution is -2.43. The molecule has 0 saturated carbocycles. The van der Waals surface area contributed by atoms with Crippen LogP contribution in [0.3, 0.4) is 0 Å². The maximum absolute atomic E-state index is 13.4. The highest BCUT2D eigenvalue weighted by Crippen LogP contribution is 2.29. The van der Waals surface area contributed by atoms with Crippen molar-refractivity contribution in [2.24, 2.45) is 5.41 Å². The van der Waals surface area contributed by atoms with E-state index in [9.17, 15) is 4.79 Å². The molecule has 0 bridgehead atoms. The number of hydrogen-bond donors (Lipinski definition) is 1. The SMILES string of the molecule is CCCCCCCC/C=C\CCCCCCCCOC(=O)C(C)(C)CC(OCCCCCCCC/C=C\CCCCCCCC)O[Si](C)(C)OCCCCCCN(C)CCCCO. The van der Waals surface area contributed by atoms with E-state index in [4.69, 9.17) is 23.4 Å². The first-order valence-electron chi connectivity index (χ1n) is 27.3. The van der Waals surface area contributed by atoms with Gasteiger partial charge in [0.25, 0.3) is 0 Å². The van der Waals surface area contributed by atoms with Gasteiger partial charge in [0.15, 0.2) is 6.29 Å². The molecule has 0 aliphatic carbocycles. The molecule has 63 heavy (non-hydrogen) atoms. The normalized spacial score (nSPS) is 13.0. The number of ether oxygens (including phenoxy) is 2. The Labute approximate surface area is 394 Å². The Hall–Kier alpha value is -1.03. The summed E-state index contributed by atoms with van der Waals surface area (Å²) in [5, 5.41) is 9.02. The molecule has 0 rings (SSSR count). The second-order valence-electron chi connectivity index (χ2n) is 19.9. The molecular formula is C55H109NO6Si. The van der Waals surface area contributed by atoms with Gasteiger partial charge in [0.1, 0.15) is 0 Å². The molecule has 0 heterocycles. The van der Waals surface area contributed by atoms with Gasteiger partial charge in [-0.1, -0.05) is 167 Å². The summed E-state index contributed by atoms with van der Waals surface area (Å²) in [6.45, 7) is 16.9. The van der Waals surface area contributed by atoms with Crippen LogP contribution >= 0.6 is 0 Å². The fourth-order valence-electron chi connectivity index (χ4n) is 8.02. The maximum Gasteiger partial charge on any atom is 0.333 e. The molecular weight excluding hydrogens is 799 g/mol. The molecule has 0 saturated heterocycles. The van der Waals surface area contributed by atoms with Crippen molar-refractivity contribution in [3.63, 3.8) is 0 Å². The molecule has 0 spiro atoms. The Kier molecular flexibility index (Phi) is 45.3. The number of aliphatic hydroxyl groups excluding tert-OH is 1. The summed E-state index contributed by atoms with van der Waals surface area (Å²) in [6, 6.07) is 0. The molecule has 0 aromatic heterocycles. The fraction of sp³-hybridized carbons (Fsp3) is 0.909. The molecule has 1 atom stereocenters. The van der Waals surface area contributed by atoms with E-state index in [1.165, 1.54) is 167 Å². The number of esters is 1. The zero-order valence-electron chi connectivity index (χ0n) is 43.3. The van der Waals surface area contributed by atoms with Gasteiger partial charge in [0.05, 0.1) is 12.0 Å². The van der Waals surface area contributed by atoms with Gasteiger partial charge in [-0.05, 0) is 137 Å². The molecule has 7 nitrogen and oxygen atoms in total. The Morgan fingerprint density at radius 2 is 0.921 bits per heavy atom. The molecule has 1 N–H and O–H groups in total. The fourth-order valence-corrected chi connectivity index (χ4v) is 9.51. The summed E-state index contributed by atoms with van der Waals surface area (Å²) >= 11 is 0. The summed E-state index contributed by atoms with van der Waals surface area (Å²) in [5.74, 6) is -0.163. The van der Waals surface area contributed by atoms with Crippen molar-refractivity contribution in [3.05, 3.63) is 24.3 Å². The van der Waals surface area contributed by atoms with Gasteiger partial charge in [0, 0.05) is 26.2 Å². The zero-order valence-corrected chi connectivity index (χ0v) is 44.3. The van der Waals surface area contributed by atoms with Crippen molar-refractivity contribution in [2.45, 2.75) is 272 Å². The van der Waals surface area contributed by atoms with Crippen LogP contribution < -0.4 is 0 Å². The predicted octanol–water partition coefficient (Wildman–Crippen LogP) is 16.4. The minimum Gasteiger partial charge on any atom is -0.465 e. The number of unbranched alkanes of at least 4 members (excludes halogenated alkanes) is 28. The lowest BCUT2D eigenvalue weighted by Gasteiger charge is -2.33. The largest absolute Gasteiger partial charge is 0.465 e. The first-order chi connectivity index (χ1) is 30.6. The van der Waals surface area contributed by atoms with Gasteiger partial charge < -0.3 is 28.3 Å². The van der Waals surface area contributed by atoms with E-state index in [1.54, 1.807) is 0 Å². The predicted molar refractivity (Wildman–Crippen MR) is 275 cm³/mol. The summed E-state index contributed by atoms with van der Waals surface area (Å²) in [6.07, 6.45) is 51.6. The van der Waals surface area contributed by atoms with Crippen molar-refractivity contribution < 1.29 is 28.2 Å². The number of rotatable bonds is 50. The maximum atomic E-state index is 13.4. The van der Waals surface area contributed by atoms with E-state index < -0.39 is 20.3 Å². The van der Waals surface area contributed by atoms with Crippen molar-refractivity contribution in [1.29, 1.82) is 0 Å². The van der Waals surface area contributed by atoms with Crippen molar-refractivity contribution in [3.8, 4) is 0 Å². The van der Waals surface area contributed by atoms with E-state index in [-0.39, 0.29) is 12.6 Å². The molecule has 0 aromatic rings. The van der Waals surface area contributed by atoms with Crippen LogP contribution in [0, 0.1) is 5.41 Å². The molecule has 374 valence electrons. The van der Waals surface area contributed by atoms with Crippen LogP contribution in [0.4, 0.5) is 0 Å². The van der Waals surface area contributed by atoms with Crippen LogP contribution in [0.1, 0.15) is 252 Å². The summed E-state index contributed by atoms with van der Waals surface area (Å²) in [7, 11) is -0.328. The first kappa shape index (κ1) is 62.0. The third-order valence-electron chi connectivity index (χ3n) is 12.3. The molecule has 0 aliphatic heterocycles. The lowest BCUT2D eigenvalue weighted by molar-refractivity contribution is -0.164. The summed E-state index contributed by atoms with van der Waals surface area (Å²) in [4.78, 5) is 15.8. The number of nitrogens with zero attached hydrogens (tertiary/aromatic N) is 1. The van der Waals surface area contributed by atoms with Gasteiger partial charge in [-0.25, -0.2) is 0 Å². The average molecular weight is 909 g/mol. The molecule has 0 aromatic carbocycles. The monoisotopic (exact) mass is 908 g/mol. The number of hydrogen-bond acceptors (Lipinski definition) is 7. The van der Waals surface area contributed by atoms with Crippen LogP contribution in [0.2, 0.25) is 13.1 Å². The van der Waals surface area contributed by atoms with E-state index in [0.717, 1.165) is 64.5 Å². The topological polar surface area (TPSA) is 77.5 Å². The molecule has 0 aliphatic rings. The van der Waals surface area contributed by atoms with Crippen LogP contribution in [0.15, 0.2) is 24.3 Å². The number of aliphatic hydroxyl groups is 1. The quantitative estimate of drug-likeness (QED) is 0.0214. The standard InChI is InChI=1S/C55H109NO6Si/c1-8-10-12-14-16-18-20-22-24-26-28-30-32-34-37-43-49-59-53(62-63(6,7)61-51-45-39-36-40-46-56(5)47-41-42-48-57)52-55(3,4)54(58)60-50-44-38-35-33-31-29-27-25-23-21-19-17-15-13-11-9-2/h22-25,53,57H,8-21,26-52H2,1-7H3/b24-22-,25-23-. The summed E-state index contributed by atoms with van der Waals surface area (Å²) in [5.41, 5.74) is -0.716. The van der Waals surface area contributed by atoms with Gasteiger partial charge in [-0.2, -0.15) is 0 Å². The van der Waals surface area contributed by atoms with Crippen LogP contribution in [0.25, 0.3) is 0 Å². The minimum atomic E-state index is -2.50. The third-order valence-corrected chi connectivity index (χ3v) is 14.1. The van der Waals surface area contributed by atoms with Crippen molar-refractivity contribution >= 4 is 14.5 Å². The highest BCUT2D eigenvalue weighted by molar-refractivity contribution is 6.64. The number of carbonyl (C=O) groups is 1. The van der Waals surface area contributed by atoms with E-state index in [0.29, 0.717) is 26.2 Å². The number of carbonyl (C=O) groups excluding carboxylic acids is 1. The average Bonchev–Trinajstić information content (AvgIpc) is 3.25. The second kappa shape index (κ2) is 46.1. The van der Waals surface area contributed by atoms with E-state index >= 15 is 0 Å². The molecule has 0 fully saturated rings.